The van der Waals surface area contributed by atoms with E-state index in [4.69, 9.17) is 4.52 Å². The second-order valence-electron chi connectivity index (χ2n) is 8.36. The number of aryl methyl sites for hydroxylation is 1. The molecule has 5 rings (SSSR count). The van der Waals surface area contributed by atoms with Crippen LogP contribution in [0.15, 0.2) is 27.7 Å². The second kappa shape index (κ2) is 7.44. The van der Waals surface area contributed by atoms with Crippen molar-refractivity contribution in [3.8, 4) is 22.9 Å². The van der Waals surface area contributed by atoms with Gasteiger partial charge in [-0.25, -0.2) is 17.8 Å². The molecular formula is C20H18F3N7O4S. The Morgan fingerprint density at radius 1 is 1.29 bits per heavy atom. The number of alkyl halides is 3. The van der Waals surface area contributed by atoms with Crippen molar-refractivity contribution in [2.75, 3.05) is 5.75 Å². The van der Waals surface area contributed by atoms with Gasteiger partial charge in [-0.05, 0) is 23.8 Å². The maximum atomic E-state index is 14.3. The predicted octanol–water partition coefficient (Wildman–Crippen LogP) is 2.58. The van der Waals surface area contributed by atoms with Crippen LogP contribution in [-0.4, -0.2) is 43.9 Å². The maximum absolute atomic E-state index is 14.3. The van der Waals surface area contributed by atoms with Gasteiger partial charge in [0.25, 0.3) is 11.6 Å². The Balaban J connectivity index is 1.68. The van der Waals surface area contributed by atoms with Crippen LogP contribution in [0.4, 0.5) is 13.2 Å². The molecule has 11 nitrogen and oxygen atoms in total. The fourth-order valence-electron chi connectivity index (χ4n) is 3.53. The molecule has 4 heterocycles. The highest BCUT2D eigenvalue weighted by atomic mass is 32.2. The summed E-state index contributed by atoms with van der Waals surface area (Å²) in [5.74, 6) is -4.00. The fraction of sp³-hybridized carbons (Fsp3) is 0.400. The highest BCUT2D eigenvalue weighted by Crippen LogP contribution is 2.49. The van der Waals surface area contributed by atoms with Crippen molar-refractivity contribution in [2.45, 2.75) is 43.2 Å². The Bertz CT molecular complexity index is 1590. The first-order valence-electron chi connectivity index (χ1n) is 10.5. The lowest BCUT2D eigenvalue weighted by atomic mass is 10.2. The van der Waals surface area contributed by atoms with E-state index in [1.165, 1.54) is 30.8 Å². The van der Waals surface area contributed by atoms with Gasteiger partial charge in [-0.3, -0.25) is 4.98 Å². The summed E-state index contributed by atoms with van der Waals surface area (Å²) in [4.78, 5) is 12.1. The van der Waals surface area contributed by atoms with E-state index in [2.05, 4.69) is 25.2 Å². The monoisotopic (exact) mass is 509 g/mol. The van der Waals surface area contributed by atoms with Crippen LogP contribution in [0.1, 0.15) is 38.3 Å². The standard InChI is InChI=1S/C20H18F3N7O4S/c1-4-35(32,33)12-7-10(15-26-18(34-28-15)20(23)5-6-20)9-24-14(12)17-25-11-8-13(19(2,21)22)30(31)27-16(11)29(17)3/h7-9H,4-6H2,1-3H3. The predicted molar refractivity (Wildman–Crippen MR) is 113 cm³/mol. The van der Waals surface area contributed by atoms with Crippen molar-refractivity contribution >= 4 is 21.0 Å². The third kappa shape index (κ3) is 3.79. The minimum atomic E-state index is -3.89. The summed E-state index contributed by atoms with van der Waals surface area (Å²) in [5, 5.41) is 19.4. The van der Waals surface area contributed by atoms with Crippen LogP contribution < -0.4 is 4.85 Å². The smallest absolute Gasteiger partial charge is 0.331 e. The quantitative estimate of drug-likeness (QED) is 0.283. The van der Waals surface area contributed by atoms with Gasteiger partial charge in [0, 0.05) is 36.9 Å². The van der Waals surface area contributed by atoms with Gasteiger partial charge in [-0.15, -0.1) is 0 Å². The van der Waals surface area contributed by atoms with Crippen LogP contribution in [0.25, 0.3) is 34.1 Å². The molecule has 1 saturated carbocycles. The average molecular weight is 509 g/mol. The van der Waals surface area contributed by atoms with Gasteiger partial charge in [0.2, 0.25) is 11.5 Å². The molecule has 1 fully saturated rings. The Labute approximate surface area is 196 Å². The molecule has 4 aromatic heterocycles. The van der Waals surface area contributed by atoms with E-state index in [1.54, 1.807) is 0 Å². The number of pyridine rings is 1. The van der Waals surface area contributed by atoms with E-state index in [1.807, 2.05) is 0 Å². The number of sulfone groups is 1. The van der Waals surface area contributed by atoms with E-state index in [0.29, 0.717) is 6.92 Å². The van der Waals surface area contributed by atoms with E-state index in [9.17, 15) is 26.8 Å². The Kier molecular flexibility index (Phi) is 4.92. The SMILES string of the molecule is CCS(=O)(=O)c1cc(-c2noc(C3(F)CC3)n2)cnc1-c1nc2cc(C(C)(F)F)[n+]([O-])nc2n1C. The molecule has 0 unspecified atom stereocenters. The van der Waals surface area contributed by atoms with Crippen molar-refractivity contribution in [1.82, 2.24) is 29.8 Å². The Morgan fingerprint density at radius 3 is 2.63 bits per heavy atom. The van der Waals surface area contributed by atoms with Gasteiger partial charge in [0.15, 0.2) is 21.3 Å². The van der Waals surface area contributed by atoms with E-state index < -0.39 is 27.1 Å². The van der Waals surface area contributed by atoms with Gasteiger partial charge in [-0.2, -0.15) is 13.8 Å². The lowest BCUT2D eigenvalue weighted by Crippen LogP contribution is -2.40. The minimum Gasteiger partial charge on any atom is -0.594 e. The number of nitrogens with zero attached hydrogens (tertiary/aromatic N) is 7. The van der Waals surface area contributed by atoms with Crippen molar-refractivity contribution in [3.63, 3.8) is 0 Å². The van der Waals surface area contributed by atoms with Crippen LogP contribution in [0.3, 0.4) is 0 Å². The van der Waals surface area contributed by atoms with Crippen LogP contribution >= 0.6 is 0 Å². The van der Waals surface area contributed by atoms with Gasteiger partial charge in [-0.1, -0.05) is 12.1 Å². The molecule has 0 bridgehead atoms. The molecule has 0 amide bonds. The van der Waals surface area contributed by atoms with E-state index in [-0.39, 0.29) is 68.3 Å². The first-order valence-corrected chi connectivity index (χ1v) is 12.1. The van der Waals surface area contributed by atoms with Gasteiger partial charge >= 0.3 is 5.92 Å². The van der Waals surface area contributed by atoms with Crippen molar-refractivity contribution in [3.05, 3.63) is 35.1 Å². The van der Waals surface area contributed by atoms with Gasteiger partial charge in [0.05, 0.1) is 10.6 Å². The first-order chi connectivity index (χ1) is 16.3. The molecule has 1 aliphatic carbocycles. The normalized spacial score (nSPS) is 15.6. The summed E-state index contributed by atoms with van der Waals surface area (Å²) in [7, 11) is -2.45. The van der Waals surface area contributed by atoms with Crippen molar-refractivity contribution < 1.29 is 31.0 Å². The Morgan fingerprint density at radius 2 is 2.00 bits per heavy atom. The highest BCUT2D eigenvalue weighted by Gasteiger charge is 2.50. The van der Waals surface area contributed by atoms with Gasteiger partial charge in [0.1, 0.15) is 11.2 Å². The topological polar surface area (TPSA) is 144 Å². The highest BCUT2D eigenvalue weighted by molar-refractivity contribution is 7.91. The summed E-state index contributed by atoms with van der Waals surface area (Å²) in [6.07, 6.45) is 1.79. The molecule has 0 radical (unpaired) electrons. The molecule has 4 aromatic rings. The zero-order valence-electron chi connectivity index (χ0n) is 18.7. The third-order valence-corrected chi connectivity index (χ3v) is 7.48. The summed E-state index contributed by atoms with van der Waals surface area (Å²) in [5.41, 5.74) is -2.59. The lowest BCUT2D eigenvalue weighted by molar-refractivity contribution is -0.682. The zero-order valence-corrected chi connectivity index (χ0v) is 19.5. The number of halogens is 3. The van der Waals surface area contributed by atoms with Crippen LogP contribution in [0.2, 0.25) is 0 Å². The summed E-state index contributed by atoms with van der Waals surface area (Å²) in [6.45, 7) is 1.99. The van der Waals surface area contributed by atoms with Crippen LogP contribution in [-0.2, 0) is 28.5 Å². The lowest BCUT2D eigenvalue weighted by Gasteiger charge is -2.10. The minimum absolute atomic E-state index is 0.0165. The molecule has 0 aromatic carbocycles. The van der Waals surface area contributed by atoms with Crippen molar-refractivity contribution in [1.29, 1.82) is 0 Å². The van der Waals surface area contributed by atoms with E-state index >= 15 is 0 Å². The summed E-state index contributed by atoms with van der Waals surface area (Å²) < 4.78 is 74.0. The number of aromatic nitrogens is 7. The number of imidazole rings is 1. The molecule has 0 aliphatic heterocycles. The molecule has 1 aliphatic rings. The van der Waals surface area contributed by atoms with Crippen molar-refractivity contribution in [2.24, 2.45) is 7.05 Å². The first kappa shape index (κ1) is 23.1. The largest absolute Gasteiger partial charge is 0.594 e. The molecule has 184 valence electrons. The fourth-order valence-corrected chi connectivity index (χ4v) is 4.59. The molecule has 0 N–H and O–H groups in total. The molecule has 0 atom stereocenters. The maximum Gasteiger partial charge on any atom is 0.331 e. The van der Waals surface area contributed by atoms with E-state index in [0.717, 1.165) is 6.07 Å². The van der Waals surface area contributed by atoms with Gasteiger partial charge < -0.3 is 14.3 Å². The van der Waals surface area contributed by atoms with Crippen LogP contribution in [0, 0.1) is 5.21 Å². The molecule has 0 spiro atoms. The molecular weight excluding hydrogens is 491 g/mol. The number of hydrogen-bond donors (Lipinski definition) is 0. The Hall–Kier alpha value is -3.62. The average Bonchev–Trinajstić information content (AvgIpc) is 3.22. The summed E-state index contributed by atoms with van der Waals surface area (Å²) in [6, 6.07) is 2.16. The zero-order chi connectivity index (χ0) is 25.3. The third-order valence-electron chi connectivity index (χ3n) is 5.74. The molecule has 15 heteroatoms. The summed E-state index contributed by atoms with van der Waals surface area (Å²) >= 11 is 0. The molecule has 35 heavy (non-hydrogen) atoms. The van der Waals surface area contributed by atoms with Crippen LogP contribution in [0.5, 0.6) is 0 Å². The molecule has 0 saturated heterocycles. The second-order valence-corrected chi connectivity index (χ2v) is 10.6. The number of rotatable bonds is 6. The number of fused-ring (bicyclic) bond motifs is 1. The number of hydrogen-bond acceptors (Lipinski definition) is 9.